The molecular formula is C22H22FN3O. The largest absolute Gasteiger partial charge is 0.374 e. The maximum Gasteiger partial charge on any atom is 0.228 e. The van der Waals surface area contributed by atoms with Crippen LogP contribution in [0.15, 0.2) is 73.1 Å². The highest BCUT2D eigenvalue weighted by molar-refractivity contribution is 5.92. The zero-order valence-corrected chi connectivity index (χ0v) is 15.2. The van der Waals surface area contributed by atoms with Gasteiger partial charge in [0.15, 0.2) is 0 Å². The maximum atomic E-state index is 13.6. The molecule has 0 saturated heterocycles. The number of amides is 1. The van der Waals surface area contributed by atoms with E-state index in [1.807, 2.05) is 43.4 Å². The summed E-state index contributed by atoms with van der Waals surface area (Å²) >= 11 is 0. The summed E-state index contributed by atoms with van der Waals surface area (Å²) in [5.74, 6) is -0.599. The minimum Gasteiger partial charge on any atom is -0.374 e. The van der Waals surface area contributed by atoms with Crippen molar-refractivity contribution in [2.45, 2.75) is 12.8 Å². The molecule has 3 rings (SSSR count). The van der Waals surface area contributed by atoms with Gasteiger partial charge in [0.25, 0.3) is 0 Å². The Labute approximate surface area is 158 Å². The van der Waals surface area contributed by atoms with E-state index in [-0.39, 0.29) is 18.1 Å². The number of carbonyl (C=O) groups excluding carboxylic acids is 1. The summed E-state index contributed by atoms with van der Waals surface area (Å²) in [5.41, 5.74) is 3.40. The molecular weight excluding hydrogens is 341 g/mol. The summed E-state index contributed by atoms with van der Waals surface area (Å²) in [6.07, 6.45) is 4.54. The van der Waals surface area contributed by atoms with Gasteiger partial charge in [-0.1, -0.05) is 18.2 Å². The molecule has 0 spiro atoms. The van der Waals surface area contributed by atoms with E-state index in [1.165, 1.54) is 11.6 Å². The monoisotopic (exact) mass is 363 g/mol. The van der Waals surface area contributed by atoms with Gasteiger partial charge < -0.3 is 10.2 Å². The highest BCUT2D eigenvalue weighted by Gasteiger charge is 2.08. The van der Waals surface area contributed by atoms with Crippen molar-refractivity contribution in [2.75, 3.05) is 23.8 Å². The van der Waals surface area contributed by atoms with Crippen LogP contribution in [0.3, 0.4) is 0 Å². The molecule has 4 nitrogen and oxygen atoms in total. The first-order valence-electron chi connectivity index (χ1n) is 8.85. The minimum atomic E-state index is -0.362. The highest BCUT2D eigenvalue weighted by Crippen LogP contribution is 2.18. The van der Waals surface area contributed by atoms with Crippen LogP contribution in [0.2, 0.25) is 0 Å². The summed E-state index contributed by atoms with van der Waals surface area (Å²) in [6, 6.07) is 18.0. The minimum absolute atomic E-state index is 0.0141. The second-order valence-corrected chi connectivity index (χ2v) is 6.39. The molecule has 3 aromatic rings. The Morgan fingerprint density at radius 1 is 1.04 bits per heavy atom. The van der Waals surface area contributed by atoms with Crippen molar-refractivity contribution in [1.29, 1.82) is 0 Å². The molecule has 0 bridgehead atoms. The van der Waals surface area contributed by atoms with Crippen LogP contribution in [-0.4, -0.2) is 24.5 Å². The van der Waals surface area contributed by atoms with E-state index in [0.717, 1.165) is 18.7 Å². The fraction of sp³-hybridized carbons (Fsp3) is 0.182. The Hall–Kier alpha value is -3.21. The topological polar surface area (TPSA) is 45.2 Å². The lowest BCUT2D eigenvalue weighted by Gasteiger charge is -2.19. The number of nitrogens with zero attached hydrogens (tertiary/aromatic N) is 2. The Bertz CT molecular complexity index is 882. The van der Waals surface area contributed by atoms with E-state index in [2.05, 4.69) is 15.2 Å². The van der Waals surface area contributed by atoms with Crippen molar-refractivity contribution in [3.05, 3.63) is 90.0 Å². The van der Waals surface area contributed by atoms with Crippen LogP contribution in [0.25, 0.3) is 0 Å². The van der Waals surface area contributed by atoms with Gasteiger partial charge >= 0.3 is 0 Å². The summed E-state index contributed by atoms with van der Waals surface area (Å²) < 4.78 is 13.6. The zero-order valence-electron chi connectivity index (χ0n) is 15.2. The Kier molecular flexibility index (Phi) is 6.15. The van der Waals surface area contributed by atoms with Crippen LogP contribution >= 0.6 is 0 Å². The summed E-state index contributed by atoms with van der Waals surface area (Å²) in [7, 11) is 2.03. The summed E-state index contributed by atoms with van der Waals surface area (Å²) in [5, 5.41) is 2.81. The van der Waals surface area contributed by atoms with Gasteiger partial charge in [0.05, 0.1) is 6.42 Å². The molecule has 1 aromatic heterocycles. The lowest BCUT2D eigenvalue weighted by atomic mass is 10.1. The molecule has 0 atom stereocenters. The molecule has 0 unspecified atom stereocenters. The predicted molar refractivity (Wildman–Crippen MR) is 106 cm³/mol. The van der Waals surface area contributed by atoms with E-state index in [1.54, 1.807) is 30.6 Å². The molecule has 0 fully saturated rings. The van der Waals surface area contributed by atoms with Gasteiger partial charge in [0.1, 0.15) is 5.82 Å². The molecule has 1 heterocycles. The van der Waals surface area contributed by atoms with Gasteiger partial charge in [-0.2, -0.15) is 0 Å². The molecule has 1 amide bonds. The molecule has 0 aliphatic rings. The number of rotatable bonds is 7. The van der Waals surface area contributed by atoms with Gasteiger partial charge in [-0.15, -0.1) is 0 Å². The van der Waals surface area contributed by atoms with Crippen molar-refractivity contribution in [1.82, 2.24) is 4.98 Å². The van der Waals surface area contributed by atoms with E-state index < -0.39 is 0 Å². The molecule has 0 radical (unpaired) electrons. The number of benzene rings is 2. The average molecular weight is 363 g/mol. The van der Waals surface area contributed by atoms with Crippen LogP contribution in [0, 0.1) is 5.82 Å². The van der Waals surface area contributed by atoms with Gasteiger partial charge in [-0.3, -0.25) is 9.78 Å². The van der Waals surface area contributed by atoms with Crippen LogP contribution in [0.4, 0.5) is 15.8 Å². The number of likely N-dealkylation sites (N-methyl/N-ethyl adjacent to an activating group) is 1. The number of hydrogen-bond acceptors (Lipinski definition) is 3. The van der Waals surface area contributed by atoms with Crippen LogP contribution in [-0.2, 0) is 17.6 Å². The highest BCUT2D eigenvalue weighted by atomic mass is 19.1. The number of hydrogen-bond donors (Lipinski definition) is 1. The second kappa shape index (κ2) is 8.94. The molecule has 0 saturated carbocycles. The van der Waals surface area contributed by atoms with Gasteiger partial charge in [0.2, 0.25) is 5.91 Å². The molecule has 0 aliphatic heterocycles. The average Bonchev–Trinajstić information content (AvgIpc) is 2.69. The Morgan fingerprint density at radius 2 is 1.74 bits per heavy atom. The van der Waals surface area contributed by atoms with Crippen LogP contribution in [0.5, 0.6) is 0 Å². The lowest BCUT2D eigenvalue weighted by Crippen LogP contribution is -2.20. The second-order valence-electron chi connectivity index (χ2n) is 6.39. The molecule has 2 aromatic carbocycles. The maximum absolute atomic E-state index is 13.6. The number of aromatic nitrogens is 1. The SMILES string of the molecule is CN(CCc1ccncc1)c1ccc(NC(=O)Cc2ccccc2F)cc1. The zero-order chi connectivity index (χ0) is 19.1. The number of pyridine rings is 1. The Balaban J connectivity index is 1.53. The van der Waals surface area contributed by atoms with Gasteiger partial charge in [0, 0.05) is 37.4 Å². The lowest BCUT2D eigenvalue weighted by molar-refractivity contribution is -0.115. The van der Waals surface area contributed by atoms with Crippen molar-refractivity contribution in [3.63, 3.8) is 0 Å². The van der Waals surface area contributed by atoms with Crippen molar-refractivity contribution in [3.8, 4) is 0 Å². The fourth-order valence-electron chi connectivity index (χ4n) is 2.79. The molecule has 5 heteroatoms. The molecule has 138 valence electrons. The standard InChI is InChI=1S/C22H22FN3O/c1-26(15-12-17-10-13-24-14-11-17)20-8-6-19(7-9-20)25-22(27)16-18-4-2-3-5-21(18)23/h2-11,13-14H,12,15-16H2,1H3,(H,25,27). The number of anilines is 2. The van der Waals surface area contributed by atoms with E-state index in [9.17, 15) is 9.18 Å². The first kappa shape index (κ1) is 18.6. The van der Waals surface area contributed by atoms with Crippen LogP contribution < -0.4 is 10.2 Å². The summed E-state index contributed by atoms with van der Waals surface area (Å²) in [6.45, 7) is 0.878. The predicted octanol–water partition coefficient (Wildman–Crippen LogP) is 4.08. The third-order valence-electron chi connectivity index (χ3n) is 4.39. The van der Waals surface area contributed by atoms with Crippen molar-refractivity contribution >= 4 is 17.3 Å². The number of nitrogens with one attached hydrogen (secondary N) is 1. The molecule has 1 N–H and O–H groups in total. The first-order valence-corrected chi connectivity index (χ1v) is 8.85. The smallest absolute Gasteiger partial charge is 0.228 e. The normalized spacial score (nSPS) is 10.4. The van der Waals surface area contributed by atoms with E-state index in [4.69, 9.17) is 0 Å². The van der Waals surface area contributed by atoms with E-state index in [0.29, 0.717) is 11.3 Å². The quantitative estimate of drug-likeness (QED) is 0.688. The molecule has 0 aliphatic carbocycles. The number of halogens is 1. The third kappa shape index (κ3) is 5.38. The summed E-state index contributed by atoms with van der Waals surface area (Å²) in [4.78, 5) is 18.3. The van der Waals surface area contributed by atoms with E-state index >= 15 is 0 Å². The first-order chi connectivity index (χ1) is 13.1. The van der Waals surface area contributed by atoms with Crippen molar-refractivity contribution < 1.29 is 9.18 Å². The van der Waals surface area contributed by atoms with Crippen LogP contribution in [0.1, 0.15) is 11.1 Å². The third-order valence-corrected chi connectivity index (χ3v) is 4.39. The molecule has 27 heavy (non-hydrogen) atoms. The van der Waals surface area contributed by atoms with Gasteiger partial charge in [-0.25, -0.2) is 4.39 Å². The number of carbonyl (C=O) groups is 1. The van der Waals surface area contributed by atoms with Gasteiger partial charge in [-0.05, 0) is 60.0 Å². The fourth-order valence-corrected chi connectivity index (χ4v) is 2.79. The Morgan fingerprint density at radius 3 is 2.44 bits per heavy atom. The van der Waals surface area contributed by atoms with Crippen molar-refractivity contribution in [2.24, 2.45) is 0 Å².